The van der Waals surface area contributed by atoms with Crippen molar-refractivity contribution >= 4 is 28.5 Å². The summed E-state index contributed by atoms with van der Waals surface area (Å²) in [7, 11) is 0. The zero-order chi connectivity index (χ0) is 25.1. The molecular weight excluding hydrogens is 461 g/mol. The molecule has 1 heterocycles. The lowest BCUT2D eigenvalue weighted by atomic mass is 10.0. The molecule has 184 valence electrons. The molecular formula is C27H26FN5O3. The molecule has 0 saturated heterocycles. The molecule has 5 rings (SSSR count). The molecule has 0 bridgehead atoms. The molecule has 9 heteroatoms. The predicted molar refractivity (Wildman–Crippen MR) is 133 cm³/mol. The number of rotatable bonds is 9. The van der Waals surface area contributed by atoms with Crippen LogP contribution in [0.25, 0.3) is 11.0 Å². The molecule has 36 heavy (non-hydrogen) atoms. The number of nitrogens with zero attached hydrogens (tertiary/aromatic N) is 4. The van der Waals surface area contributed by atoms with E-state index in [4.69, 9.17) is 4.74 Å². The smallest absolute Gasteiger partial charge is 0.251 e. The largest absolute Gasteiger partial charge is 0.494 e. The van der Waals surface area contributed by atoms with Crippen LogP contribution >= 0.6 is 0 Å². The lowest BCUT2D eigenvalue weighted by molar-refractivity contribution is -0.140. The first-order chi connectivity index (χ1) is 17.5. The van der Waals surface area contributed by atoms with Gasteiger partial charge in [-0.05, 0) is 73.9 Å². The summed E-state index contributed by atoms with van der Waals surface area (Å²) in [5.74, 6) is -0.334. The molecule has 1 aliphatic rings. The number of benzene rings is 3. The first-order valence-corrected chi connectivity index (χ1v) is 11.9. The highest BCUT2D eigenvalue weighted by Crippen LogP contribution is 2.36. The number of carbonyl (C=O) groups excluding carboxylic acids is 2. The SMILES string of the molecule is CCOc1ccc([C@@H](C(=O)Nc2ccc(F)cc2)N(C(=O)Cn2nnc3ccccc32)C2CC2)cc1. The summed E-state index contributed by atoms with van der Waals surface area (Å²) in [6.45, 7) is 2.37. The van der Waals surface area contributed by atoms with E-state index in [1.165, 1.54) is 24.3 Å². The Morgan fingerprint density at radius 1 is 1.08 bits per heavy atom. The van der Waals surface area contributed by atoms with Crippen molar-refractivity contribution in [2.45, 2.75) is 38.4 Å². The molecule has 1 N–H and O–H groups in total. The Hall–Kier alpha value is -4.27. The Labute approximate surface area is 207 Å². The number of fused-ring (bicyclic) bond motifs is 1. The Balaban J connectivity index is 1.47. The van der Waals surface area contributed by atoms with E-state index < -0.39 is 11.9 Å². The summed E-state index contributed by atoms with van der Waals surface area (Å²) in [4.78, 5) is 29.0. The summed E-state index contributed by atoms with van der Waals surface area (Å²) in [6.07, 6.45) is 1.61. The average molecular weight is 488 g/mol. The van der Waals surface area contributed by atoms with Gasteiger partial charge < -0.3 is 15.0 Å². The maximum atomic E-state index is 13.7. The Morgan fingerprint density at radius 2 is 1.81 bits per heavy atom. The van der Waals surface area contributed by atoms with Gasteiger partial charge in [0, 0.05) is 11.7 Å². The van der Waals surface area contributed by atoms with Gasteiger partial charge in [-0.15, -0.1) is 5.10 Å². The van der Waals surface area contributed by atoms with Crippen LogP contribution in [-0.2, 0) is 16.1 Å². The van der Waals surface area contributed by atoms with Crippen molar-refractivity contribution in [2.24, 2.45) is 0 Å². The monoisotopic (exact) mass is 487 g/mol. The van der Waals surface area contributed by atoms with Crippen LogP contribution in [0, 0.1) is 5.82 Å². The summed E-state index contributed by atoms with van der Waals surface area (Å²) in [5, 5.41) is 11.1. The van der Waals surface area contributed by atoms with Gasteiger partial charge in [0.2, 0.25) is 5.91 Å². The Kier molecular flexibility index (Phi) is 6.62. The molecule has 4 aromatic rings. The highest BCUT2D eigenvalue weighted by molar-refractivity contribution is 5.98. The van der Waals surface area contributed by atoms with Crippen LogP contribution in [0.4, 0.5) is 10.1 Å². The number of carbonyl (C=O) groups is 2. The number of aromatic nitrogens is 3. The fraction of sp³-hybridized carbons (Fsp3) is 0.259. The maximum absolute atomic E-state index is 13.7. The molecule has 1 aliphatic carbocycles. The van der Waals surface area contributed by atoms with Crippen molar-refractivity contribution in [3.05, 3.63) is 84.2 Å². The van der Waals surface area contributed by atoms with Gasteiger partial charge in [-0.3, -0.25) is 9.59 Å². The predicted octanol–water partition coefficient (Wildman–Crippen LogP) is 4.34. The fourth-order valence-corrected chi connectivity index (χ4v) is 4.25. The number of hydrogen-bond acceptors (Lipinski definition) is 5. The maximum Gasteiger partial charge on any atom is 0.251 e. The zero-order valence-corrected chi connectivity index (χ0v) is 19.8. The lowest BCUT2D eigenvalue weighted by Crippen LogP contribution is -2.44. The van der Waals surface area contributed by atoms with Crippen molar-refractivity contribution in [1.82, 2.24) is 19.9 Å². The number of ether oxygens (including phenoxy) is 1. The van der Waals surface area contributed by atoms with Crippen LogP contribution in [0.2, 0.25) is 0 Å². The first kappa shape index (κ1) is 23.5. The van der Waals surface area contributed by atoms with E-state index in [0.717, 1.165) is 18.4 Å². The number of amides is 2. The summed E-state index contributed by atoms with van der Waals surface area (Å²) in [5.41, 5.74) is 2.54. The quantitative estimate of drug-likeness (QED) is 0.379. The van der Waals surface area contributed by atoms with Crippen molar-refractivity contribution < 1.29 is 18.7 Å². The second kappa shape index (κ2) is 10.2. The second-order valence-electron chi connectivity index (χ2n) is 8.67. The molecule has 3 aromatic carbocycles. The summed E-state index contributed by atoms with van der Waals surface area (Å²) >= 11 is 0. The third kappa shape index (κ3) is 5.05. The molecule has 1 atom stereocenters. The standard InChI is InChI=1S/C27H26FN5O3/c1-2-36-22-15-7-18(8-16-22)26(27(35)29-20-11-9-19(28)10-12-20)33(21-13-14-21)25(34)17-32-24-6-4-3-5-23(24)30-31-32/h3-12,15-16,21,26H,2,13-14,17H2,1H3,(H,29,35)/t26-/m0/s1. The highest BCUT2D eigenvalue weighted by Gasteiger charge is 2.41. The van der Waals surface area contributed by atoms with E-state index in [1.54, 1.807) is 33.8 Å². The average Bonchev–Trinajstić information content (AvgIpc) is 3.65. The van der Waals surface area contributed by atoms with E-state index in [2.05, 4.69) is 15.6 Å². The number of nitrogens with one attached hydrogen (secondary N) is 1. The molecule has 0 unspecified atom stereocenters. The molecule has 2 amide bonds. The molecule has 0 aliphatic heterocycles. The third-order valence-electron chi connectivity index (χ3n) is 6.08. The minimum atomic E-state index is -0.888. The van der Waals surface area contributed by atoms with Crippen LogP contribution in [0.15, 0.2) is 72.8 Å². The number of hydrogen-bond donors (Lipinski definition) is 1. The fourth-order valence-electron chi connectivity index (χ4n) is 4.25. The van der Waals surface area contributed by atoms with E-state index in [1.807, 2.05) is 31.2 Å². The normalized spacial score (nSPS) is 13.8. The van der Waals surface area contributed by atoms with Gasteiger partial charge in [0.05, 0.1) is 12.1 Å². The zero-order valence-electron chi connectivity index (χ0n) is 19.8. The van der Waals surface area contributed by atoms with Crippen LogP contribution in [0.5, 0.6) is 5.75 Å². The Morgan fingerprint density at radius 3 is 2.50 bits per heavy atom. The number of para-hydroxylation sites is 1. The molecule has 1 saturated carbocycles. The third-order valence-corrected chi connectivity index (χ3v) is 6.08. The van der Waals surface area contributed by atoms with E-state index in [0.29, 0.717) is 29.1 Å². The molecule has 1 aromatic heterocycles. The second-order valence-corrected chi connectivity index (χ2v) is 8.67. The van der Waals surface area contributed by atoms with E-state index >= 15 is 0 Å². The molecule has 1 fully saturated rings. The van der Waals surface area contributed by atoms with E-state index in [9.17, 15) is 14.0 Å². The van der Waals surface area contributed by atoms with Gasteiger partial charge in [-0.25, -0.2) is 9.07 Å². The van der Waals surface area contributed by atoms with Crippen LogP contribution < -0.4 is 10.1 Å². The number of halogens is 1. The summed E-state index contributed by atoms with van der Waals surface area (Å²) in [6, 6.07) is 19.2. The van der Waals surface area contributed by atoms with Gasteiger partial charge >= 0.3 is 0 Å². The highest BCUT2D eigenvalue weighted by atomic mass is 19.1. The Bertz CT molecular complexity index is 1370. The van der Waals surface area contributed by atoms with Gasteiger partial charge in [0.15, 0.2) is 0 Å². The molecule has 0 spiro atoms. The topological polar surface area (TPSA) is 89.4 Å². The lowest BCUT2D eigenvalue weighted by Gasteiger charge is -2.31. The minimum absolute atomic E-state index is 0.0473. The van der Waals surface area contributed by atoms with Crippen molar-refractivity contribution in [1.29, 1.82) is 0 Å². The van der Waals surface area contributed by atoms with Gasteiger partial charge in [0.25, 0.3) is 5.91 Å². The van der Waals surface area contributed by atoms with Crippen LogP contribution in [0.3, 0.4) is 0 Å². The van der Waals surface area contributed by atoms with Crippen LogP contribution in [-0.4, -0.2) is 44.4 Å². The van der Waals surface area contributed by atoms with Crippen molar-refractivity contribution in [3.63, 3.8) is 0 Å². The summed E-state index contributed by atoms with van der Waals surface area (Å²) < 4.78 is 20.5. The molecule has 8 nitrogen and oxygen atoms in total. The number of anilines is 1. The van der Waals surface area contributed by atoms with Crippen molar-refractivity contribution in [3.8, 4) is 5.75 Å². The van der Waals surface area contributed by atoms with E-state index in [-0.39, 0.29) is 24.4 Å². The minimum Gasteiger partial charge on any atom is -0.494 e. The van der Waals surface area contributed by atoms with Crippen molar-refractivity contribution in [2.75, 3.05) is 11.9 Å². The van der Waals surface area contributed by atoms with Gasteiger partial charge in [0.1, 0.15) is 29.7 Å². The van der Waals surface area contributed by atoms with Crippen LogP contribution in [0.1, 0.15) is 31.4 Å². The molecule has 0 radical (unpaired) electrons. The first-order valence-electron chi connectivity index (χ1n) is 11.9. The van der Waals surface area contributed by atoms with Gasteiger partial charge in [-0.2, -0.15) is 0 Å². The van der Waals surface area contributed by atoms with Gasteiger partial charge in [-0.1, -0.05) is 29.5 Å².